The van der Waals surface area contributed by atoms with Crippen LogP contribution < -0.4 is 0 Å². The topological polar surface area (TPSA) is 17.8 Å². The van der Waals surface area contributed by atoms with Crippen LogP contribution in [0.5, 0.6) is 0 Å². The average Bonchev–Trinajstić information content (AvgIpc) is 2.31. The third-order valence-corrected chi connectivity index (χ3v) is 2.46. The molecule has 1 aromatic rings. The van der Waals surface area contributed by atoms with Gasteiger partial charge in [-0.15, -0.1) is 11.8 Å². The van der Waals surface area contributed by atoms with E-state index in [1.807, 2.05) is 11.7 Å². The van der Waals surface area contributed by atoms with Crippen LogP contribution in [0, 0.1) is 0 Å². The van der Waals surface area contributed by atoms with Crippen molar-refractivity contribution < 1.29 is 0 Å². The van der Waals surface area contributed by atoms with Crippen LogP contribution in [-0.2, 0) is 7.05 Å². The maximum absolute atomic E-state index is 4.38. The van der Waals surface area contributed by atoms with E-state index in [2.05, 4.69) is 31.3 Å². The Morgan fingerprint density at radius 1 is 1.55 bits per heavy atom. The molecule has 1 heterocycles. The number of aryl methyl sites for hydroxylation is 1. The van der Waals surface area contributed by atoms with Crippen LogP contribution in [0.1, 0.15) is 25.5 Å². The molecule has 0 aromatic carbocycles. The zero-order valence-electron chi connectivity index (χ0n) is 7.46. The van der Waals surface area contributed by atoms with Gasteiger partial charge in [0.1, 0.15) is 0 Å². The predicted octanol–water partition coefficient (Wildman–Crippen LogP) is 2.27. The van der Waals surface area contributed by atoms with Gasteiger partial charge in [0.25, 0.3) is 0 Å². The van der Waals surface area contributed by atoms with E-state index in [-0.39, 0.29) is 0 Å². The summed E-state index contributed by atoms with van der Waals surface area (Å²) < 4.78 is 1.93. The second-order valence-electron chi connectivity index (χ2n) is 2.89. The standard InChI is InChI=1S/C8H14N2S/c1-6(2)7-5-8(11-4)10(3)9-7/h5-6H,1-4H3. The molecule has 0 unspecified atom stereocenters. The van der Waals surface area contributed by atoms with Crippen molar-refractivity contribution in [2.24, 2.45) is 7.05 Å². The van der Waals surface area contributed by atoms with E-state index >= 15 is 0 Å². The van der Waals surface area contributed by atoms with Crippen LogP contribution in [0.4, 0.5) is 0 Å². The van der Waals surface area contributed by atoms with Crippen LogP contribution in [0.15, 0.2) is 11.1 Å². The van der Waals surface area contributed by atoms with Crippen molar-refractivity contribution in [3.8, 4) is 0 Å². The lowest BCUT2D eigenvalue weighted by molar-refractivity contribution is 0.671. The number of hydrogen-bond donors (Lipinski definition) is 0. The fourth-order valence-corrected chi connectivity index (χ4v) is 1.49. The Balaban J connectivity index is 2.95. The highest BCUT2D eigenvalue weighted by Gasteiger charge is 2.06. The van der Waals surface area contributed by atoms with Gasteiger partial charge in [-0.3, -0.25) is 4.68 Å². The van der Waals surface area contributed by atoms with Gasteiger partial charge in [0.05, 0.1) is 10.7 Å². The Morgan fingerprint density at radius 3 is 2.45 bits per heavy atom. The molecule has 1 rings (SSSR count). The lowest BCUT2D eigenvalue weighted by atomic mass is 10.1. The van der Waals surface area contributed by atoms with Crippen LogP contribution in [0.2, 0.25) is 0 Å². The van der Waals surface area contributed by atoms with Crippen molar-refractivity contribution >= 4 is 11.8 Å². The minimum atomic E-state index is 0.530. The normalized spacial score (nSPS) is 11.0. The molecule has 0 saturated heterocycles. The summed E-state index contributed by atoms with van der Waals surface area (Å²) in [6, 6.07) is 2.15. The van der Waals surface area contributed by atoms with Crippen molar-refractivity contribution in [1.82, 2.24) is 9.78 Å². The molecule has 1 aromatic heterocycles. The average molecular weight is 170 g/mol. The second kappa shape index (κ2) is 3.30. The van der Waals surface area contributed by atoms with E-state index in [1.165, 1.54) is 10.7 Å². The third kappa shape index (κ3) is 1.77. The van der Waals surface area contributed by atoms with Crippen LogP contribution in [0.3, 0.4) is 0 Å². The van der Waals surface area contributed by atoms with Gasteiger partial charge in [0.15, 0.2) is 0 Å². The van der Waals surface area contributed by atoms with E-state index in [4.69, 9.17) is 0 Å². The highest BCUT2D eigenvalue weighted by atomic mass is 32.2. The zero-order chi connectivity index (χ0) is 8.43. The van der Waals surface area contributed by atoms with Gasteiger partial charge in [-0.05, 0) is 18.2 Å². The van der Waals surface area contributed by atoms with Crippen LogP contribution in [-0.4, -0.2) is 16.0 Å². The summed E-state index contributed by atoms with van der Waals surface area (Å²) in [6.45, 7) is 4.32. The highest BCUT2D eigenvalue weighted by molar-refractivity contribution is 7.98. The Morgan fingerprint density at radius 2 is 2.18 bits per heavy atom. The van der Waals surface area contributed by atoms with Gasteiger partial charge >= 0.3 is 0 Å². The molecule has 0 saturated carbocycles. The molecular formula is C8H14N2S. The zero-order valence-corrected chi connectivity index (χ0v) is 8.27. The van der Waals surface area contributed by atoms with Gasteiger partial charge < -0.3 is 0 Å². The first-order valence-electron chi connectivity index (χ1n) is 3.73. The molecule has 0 aliphatic rings. The summed E-state index contributed by atoms with van der Waals surface area (Å²) in [5.74, 6) is 0.530. The third-order valence-electron chi connectivity index (χ3n) is 1.66. The molecule has 3 heteroatoms. The van der Waals surface area contributed by atoms with Crippen molar-refractivity contribution in [3.05, 3.63) is 11.8 Å². The fraction of sp³-hybridized carbons (Fsp3) is 0.625. The lowest BCUT2D eigenvalue weighted by Gasteiger charge is -1.95. The number of nitrogens with zero attached hydrogens (tertiary/aromatic N) is 2. The maximum Gasteiger partial charge on any atom is 0.0936 e. The van der Waals surface area contributed by atoms with E-state index in [9.17, 15) is 0 Å². The molecular weight excluding hydrogens is 156 g/mol. The van der Waals surface area contributed by atoms with Crippen molar-refractivity contribution in [1.29, 1.82) is 0 Å². The van der Waals surface area contributed by atoms with E-state index in [0.717, 1.165) is 0 Å². The first-order chi connectivity index (χ1) is 5.15. The molecule has 0 amide bonds. The molecule has 11 heavy (non-hydrogen) atoms. The second-order valence-corrected chi connectivity index (χ2v) is 3.72. The molecule has 0 radical (unpaired) electrons. The van der Waals surface area contributed by atoms with E-state index in [0.29, 0.717) is 5.92 Å². The Hall–Kier alpha value is -0.440. The van der Waals surface area contributed by atoms with Crippen molar-refractivity contribution in [3.63, 3.8) is 0 Å². The molecule has 2 nitrogen and oxygen atoms in total. The summed E-state index contributed by atoms with van der Waals surface area (Å²) in [4.78, 5) is 0. The fourth-order valence-electron chi connectivity index (χ4n) is 0.944. The Labute approximate surface area is 72.0 Å². The first-order valence-corrected chi connectivity index (χ1v) is 4.95. The summed E-state index contributed by atoms with van der Waals surface area (Å²) in [5, 5.41) is 5.61. The van der Waals surface area contributed by atoms with E-state index in [1.54, 1.807) is 11.8 Å². The minimum absolute atomic E-state index is 0.530. The van der Waals surface area contributed by atoms with Crippen LogP contribution in [0.25, 0.3) is 0 Å². The van der Waals surface area contributed by atoms with Crippen LogP contribution >= 0.6 is 11.8 Å². The quantitative estimate of drug-likeness (QED) is 0.634. The number of rotatable bonds is 2. The number of hydrogen-bond acceptors (Lipinski definition) is 2. The number of thioether (sulfide) groups is 1. The summed E-state index contributed by atoms with van der Waals surface area (Å²) in [5.41, 5.74) is 1.18. The minimum Gasteiger partial charge on any atom is -0.262 e. The van der Waals surface area contributed by atoms with Gasteiger partial charge in [-0.1, -0.05) is 13.8 Å². The summed E-state index contributed by atoms with van der Waals surface area (Å²) >= 11 is 1.73. The van der Waals surface area contributed by atoms with E-state index < -0.39 is 0 Å². The first kappa shape index (κ1) is 8.65. The summed E-state index contributed by atoms with van der Waals surface area (Å²) in [7, 11) is 1.98. The molecule has 0 fully saturated rings. The highest BCUT2D eigenvalue weighted by Crippen LogP contribution is 2.19. The van der Waals surface area contributed by atoms with Gasteiger partial charge in [-0.25, -0.2) is 0 Å². The molecule has 0 atom stereocenters. The Kier molecular flexibility index (Phi) is 2.60. The molecule has 62 valence electrons. The largest absolute Gasteiger partial charge is 0.262 e. The summed E-state index contributed by atoms with van der Waals surface area (Å²) in [6.07, 6.45) is 2.07. The Bertz CT molecular complexity index is 240. The molecule has 0 aliphatic carbocycles. The molecule has 0 aliphatic heterocycles. The van der Waals surface area contributed by atoms with Crippen molar-refractivity contribution in [2.45, 2.75) is 24.8 Å². The van der Waals surface area contributed by atoms with Gasteiger partial charge in [0.2, 0.25) is 0 Å². The monoisotopic (exact) mass is 170 g/mol. The molecule has 0 N–H and O–H groups in total. The number of aromatic nitrogens is 2. The van der Waals surface area contributed by atoms with Gasteiger partial charge in [0, 0.05) is 7.05 Å². The predicted molar refractivity (Wildman–Crippen MR) is 49.1 cm³/mol. The van der Waals surface area contributed by atoms with Gasteiger partial charge in [-0.2, -0.15) is 5.10 Å². The van der Waals surface area contributed by atoms with Crippen molar-refractivity contribution in [2.75, 3.05) is 6.26 Å². The lowest BCUT2D eigenvalue weighted by Crippen LogP contribution is -1.94. The molecule has 0 spiro atoms. The SMILES string of the molecule is CSc1cc(C(C)C)nn1C. The smallest absolute Gasteiger partial charge is 0.0936 e. The maximum atomic E-state index is 4.38. The molecule has 0 bridgehead atoms.